The molecule has 0 saturated carbocycles. The Labute approximate surface area is 173 Å². The molecule has 1 aromatic heterocycles. The Morgan fingerprint density at radius 2 is 1.71 bits per heavy atom. The summed E-state index contributed by atoms with van der Waals surface area (Å²) < 4.78 is 0. The average molecular weight is 394 g/mol. The van der Waals surface area contributed by atoms with Gasteiger partial charge in [0.1, 0.15) is 6.17 Å². The summed E-state index contributed by atoms with van der Waals surface area (Å²) in [6.45, 7) is 9.43. The van der Waals surface area contributed by atoms with E-state index in [2.05, 4.69) is 68.4 Å². The van der Waals surface area contributed by atoms with Crippen molar-refractivity contribution in [1.82, 2.24) is 9.88 Å². The SMILES string of the molecule is CCN(C)C(Nc1cc(-c2ccccc2Cl)nc(C)c1C)c1ccccc1C. The first-order valence-electron chi connectivity index (χ1n) is 9.67. The summed E-state index contributed by atoms with van der Waals surface area (Å²) in [6.07, 6.45) is 0.0748. The predicted molar refractivity (Wildman–Crippen MR) is 120 cm³/mol. The summed E-state index contributed by atoms with van der Waals surface area (Å²) in [6, 6.07) is 18.5. The highest BCUT2D eigenvalue weighted by Crippen LogP contribution is 2.33. The topological polar surface area (TPSA) is 28.2 Å². The molecule has 0 radical (unpaired) electrons. The molecule has 4 heteroatoms. The van der Waals surface area contributed by atoms with Crippen LogP contribution in [0, 0.1) is 20.8 Å². The molecule has 0 fully saturated rings. The van der Waals surface area contributed by atoms with Crippen molar-refractivity contribution < 1.29 is 0 Å². The number of aromatic nitrogens is 1. The van der Waals surface area contributed by atoms with Crippen molar-refractivity contribution in [3.63, 3.8) is 0 Å². The zero-order valence-electron chi connectivity index (χ0n) is 17.3. The molecule has 1 N–H and O–H groups in total. The molecule has 1 atom stereocenters. The number of nitrogens with zero attached hydrogens (tertiary/aromatic N) is 2. The maximum Gasteiger partial charge on any atom is 0.106 e. The van der Waals surface area contributed by atoms with Gasteiger partial charge in [0.05, 0.1) is 5.69 Å². The van der Waals surface area contributed by atoms with Crippen molar-refractivity contribution in [2.75, 3.05) is 18.9 Å². The summed E-state index contributed by atoms with van der Waals surface area (Å²) in [7, 11) is 2.14. The summed E-state index contributed by atoms with van der Waals surface area (Å²) in [5.74, 6) is 0. The van der Waals surface area contributed by atoms with Crippen LogP contribution in [-0.4, -0.2) is 23.5 Å². The van der Waals surface area contributed by atoms with E-state index in [1.165, 1.54) is 11.1 Å². The second-order valence-corrected chi connectivity index (χ2v) is 7.63. The normalized spacial score (nSPS) is 12.2. The number of anilines is 1. The van der Waals surface area contributed by atoms with Gasteiger partial charge in [-0.1, -0.05) is 61.0 Å². The molecule has 0 amide bonds. The molecule has 0 aliphatic carbocycles. The van der Waals surface area contributed by atoms with E-state index >= 15 is 0 Å². The third-order valence-electron chi connectivity index (χ3n) is 5.38. The highest BCUT2D eigenvalue weighted by atomic mass is 35.5. The Kier molecular flexibility index (Phi) is 6.38. The lowest BCUT2D eigenvalue weighted by molar-refractivity contribution is 0.283. The molecule has 28 heavy (non-hydrogen) atoms. The monoisotopic (exact) mass is 393 g/mol. The summed E-state index contributed by atoms with van der Waals surface area (Å²) in [5.41, 5.74) is 7.62. The van der Waals surface area contributed by atoms with Crippen molar-refractivity contribution in [2.45, 2.75) is 33.9 Å². The lowest BCUT2D eigenvalue weighted by atomic mass is 10.0. The molecule has 0 saturated heterocycles. The number of hydrogen-bond acceptors (Lipinski definition) is 3. The minimum Gasteiger partial charge on any atom is -0.365 e. The van der Waals surface area contributed by atoms with Crippen LogP contribution in [0.5, 0.6) is 0 Å². The number of rotatable bonds is 6. The zero-order valence-corrected chi connectivity index (χ0v) is 18.0. The number of nitrogens with one attached hydrogen (secondary N) is 1. The number of hydrogen-bond donors (Lipinski definition) is 1. The third-order valence-corrected chi connectivity index (χ3v) is 5.71. The Hall–Kier alpha value is -2.36. The number of benzene rings is 2. The van der Waals surface area contributed by atoms with Crippen LogP contribution in [0.25, 0.3) is 11.3 Å². The fraction of sp³-hybridized carbons (Fsp3) is 0.292. The molecular formula is C24H28ClN3. The quantitative estimate of drug-likeness (QED) is 0.492. The molecule has 3 rings (SSSR count). The molecule has 3 aromatic rings. The first kappa shape index (κ1) is 20.4. The Balaban J connectivity index is 2.06. The van der Waals surface area contributed by atoms with Gasteiger partial charge in [0, 0.05) is 22.0 Å². The predicted octanol–water partition coefficient (Wildman–Crippen LogP) is 6.39. The van der Waals surface area contributed by atoms with Crippen LogP contribution in [0.2, 0.25) is 5.02 Å². The third kappa shape index (κ3) is 4.21. The van der Waals surface area contributed by atoms with Crippen LogP contribution in [0.4, 0.5) is 5.69 Å². The van der Waals surface area contributed by atoms with Gasteiger partial charge in [-0.15, -0.1) is 0 Å². The van der Waals surface area contributed by atoms with Crippen molar-refractivity contribution in [1.29, 1.82) is 0 Å². The molecule has 146 valence electrons. The second-order valence-electron chi connectivity index (χ2n) is 7.22. The molecule has 0 spiro atoms. The maximum absolute atomic E-state index is 6.43. The van der Waals surface area contributed by atoms with E-state index in [0.717, 1.165) is 34.7 Å². The summed E-state index contributed by atoms with van der Waals surface area (Å²) in [4.78, 5) is 7.10. The minimum absolute atomic E-state index is 0.0748. The van der Waals surface area contributed by atoms with Gasteiger partial charge >= 0.3 is 0 Å². The van der Waals surface area contributed by atoms with Crippen molar-refractivity contribution in [2.24, 2.45) is 0 Å². The highest BCUT2D eigenvalue weighted by Gasteiger charge is 2.19. The van der Waals surface area contributed by atoms with Gasteiger partial charge in [-0.25, -0.2) is 0 Å². The Morgan fingerprint density at radius 3 is 2.39 bits per heavy atom. The molecule has 1 heterocycles. The van der Waals surface area contributed by atoms with E-state index in [0.29, 0.717) is 5.02 Å². The molecule has 1 unspecified atom stereocenters. The van der Waals surface area contributed by atoms with E-state index in [-0.39, 0.29) is 6.17 Å². The second kappa shape index (κ2) is 8.76. The zero-order chi connectivity index (χ0) is 20.3. The summed E-state index contributed by atoms with van der Waals surface area (Å²) >= 11 is 6.43. The molecule has 0 aliphatic rings. The first-order chi connectivity index (χ1) is 13.4. The smallest absolute Gasteiger partial charge is 0.106 e. The van der Waals surface area contributed by atoms with Gasteiger partial charge < -0.3 is 5.32 Å². The van der Waals surface area contributed by atoms with E-state index < -0.39 is 0 Å². The number of aryl methyl sites for hydroxylation is 2. The van der Waals surface area contributed by atoms with Gasteiger partial charge in [0.2, 0.25) is 0 Å². The van der Waals surface area contributed by atoms with Gasteiger partial charge in [0.25, 0.3) is 0 Å². The number of halogens is 1. The lowest BCUT2D eigenvalue weighted by Crippen LogP contribution is -2.31. The molecule has 0 bridgehead atoms. The van der Waals surface area contributed by atoms with Crippen LogP contribution in [0.3, 0.4) is 0 Å². The lowest BCUT2D eigenvalue weighted by Gasteiger charge is -2.31. The molecule has 0 aliphatic heterocycles. The minimum atomic E-state index is 0.0748. The van der Waals surface area contributed by atoms with Crippen LogP contribution >= 0.6 is 11.6 Å². The van der Waals surface area contributed by atoms with Gasteiger partial charge in [-0.2, -0.15) is 0 Å². The van der Waals surface area contributed by atoms with E-state index in [9.17, 15) is 0 Å². The van der Waals surface area contributed by atoms with Gasteiger partial charge in [-0.05, 0) is 63.2 Å². The molecule has 2 aromatic carbocycles. The van der Waals surface area contributed by atoms with Crippen molar-refractivity contribution >= 4 is 17.3 Å². The van der Waals surface area contributed by atoms with E-state index in [1.54, 1.807) is 0 Å². The fourth-order valence-electron chi connectivity index (χ4n) is 3.34. The summed E-state index contributed by atoms with van der Waals surface area (Å²) in [5, 5.41) is 4.48. The Bertz CT molecular complexity index is 968. The van der Waals surface area contributed by atoms with E-state index in [1.807, 2.05) is 31.2 Å². The molecule has 3 nitrogen and oxygen atoms in total. The fourth-order valence-corrected chi connectivity index (χ4v) is 3.57. The van der Waals surface area contributed by atoms with Crippen LogP contribution in [0.1, 0.15) is 35.5 Å². The van der Waals surface area contributed by atoms with Crippen LogP contribution < -0.4 is 5.32 Å². The first-order valence-corrected chi connectivity index (χ1v) is 10.1. The van der Waals surface area contributed by atoms with Crippen molar-refractivity contribution in [3.05, 3.63) is 82.0 Å². The maximum atomic E-state index is 6.43. The van der Waals surface area contributed by atoms with Crippen LogP contribution in [-0.2, 0) is 0 Å². The highest BCUT2D eigenvalue weighted by molar-refractivity contribution is 6.33. The van der Waals surface area contributed by atoms with Crippen molar-refractivity contribution in [3.8, 4) is 11.3 Å². The van der Waals surface area contributed by atoms with E-state index in [4.69, 9.17) is 16.6 Å². The van der Waals surface area contributed by atoms with Gasteiger partial charge in [0.15, 0.2) is 0 Å². The van der Waals surface area contributed by atoms with Crippen LogP contribution in [0.15, 0.2) is 54.6 Å². The van der Waals surface area contributed by atoms with Gasteiger partial charge in [-0.3, -0.25) is 9.88 Å². The molecular weight excluding hydrogens is 366 g/mol. The largest absolute Gasteiger partial charge is 0.365 e. The number of pyridine rings is 1. The average Bonchev–Trinajstić information content (AvgIpc) is 2.69. The Morgan fingerprint density at radius 1 is 1.04 bits per heavy atom. The standard InChI is InChI=1S/C24H28ClN3/c1-6-28(5)24(19-12-8-7-11-16(19)2)27-22-15-23(26-18(4)17(22)3)20-13-9-10-14-21(20)25/h7-15,24H,6H2,1-5H3,(H,26,27).